The molecule has 0 aliphatic heterocycles. The maximum absolute atomic E-state index is 13.4. The van der Waals surface area contributed by atoms with Gasteiger partial charge in [0.15, 0.2) is 11.6 Å². The molecule has 0 heterocycles. The summed E-state index contributed by atoms with van der Waals surface area (Å²) in [6.45, 7) is 0.726. The zero-order valence-electron chi connectivity index (χ0n) is 14.3. The summed E-state index contributed by atoms with van der Waals surface area (Å²) in [7, 11) is -2.34. The van der Waals surface area contributed by atoms with Crippen molar-refractivity contribution in [2.75, 3.05) is 19.0 Å². The van der Waals surface area contributed by atoms with Gasteiger partial charge in [0.25, 0.3) is 0 Å². The Morgan fingerprint density at radius 3 is 2.44 bits per heavy atom. The van der Waals surface area contributed by atoms with Gasteiger partial charge in [-0.1, -0.05) is 15.9 Å². The average Bonchev–Trinajstić information content (AvgIpc) is 2.61. The molecule has 8 heteroatoms. The molecule has 0 atom stereocenters. The van der Waals surface area contributed by atoms with Crippen molar-refractivity contribution in [3.8, 4) is 0 Å². The van der Waals surface area contributed by atoms with Crippen LogP contribution in [0.15, 0.2) is 23.1 Å². The molecule has 0 saturated heterocycles. The third-order valence-corrected chi connectivity index (χ3v) is 7.07. The summed E-state index contributed by atoms with van der Waals surface area (Å²) in [4.78, 5) is -0.220. The minimum Gasteiger partial charge on any atom is -0.378 e. The van der Waals surface area contributed by atoms with Gasteiger partial charge in [-0.15, -0.1) is 0 Å². The summed E-state index contributed by atoms with van der Waals surface area (Å²) in [5, 5.41) is 0.968. The standard InChI is InChI=1S/C17H24BrF2NO3S/c1-21(25(22,23)15-8-9-16(19)17(20)12-15)13-4-6-14(7-5-13)24-11-3-2-10-18/h8-9,12-14H,2-7,10-11H2,1H3/t13-,14-. The number of halogens is 3. The van der Waals surface area contributed by atoms with Gasteiger partial charge >= 0.3 is 0 Å². The van der Waals surface area contributed by atoms with E-state index in [0.29, 0.717) is 12.8 Å². The molecule has 25 heavy (non-hydrogen) atoms. The van der Waals surface area contributed by atoms with E-state index in [1.807, 2.05) is 0 Å². The molecule has 0 N–H and O–H groups in total. The number of alkyl halides is 1. The van der Waals surface area contributed by atoms with Crippen molar-refractivity contribution in [2.45, 2.75) is 55.6 Å². The zero-order valence-corrected chi connectivity index (χ0v) is 16.7. The molecule has 142 valence electrons. The summed E-state index contributed by atoms with van der Waals surface area (Å²) in [5.41, 5.74) is 0. The Labute approximate surface area is 156 Å². The lowest BCUT2D eigenvalue weighted by Gasteiger charge is -2.34. The topological polar surface area (TPSA) is 46.6 Å². The zero-order chi connectivity index (χ0) is 18.4. The summed E-state index contributed by atoms with van der Waals surface area (Å²) >= 11 is 3.38. The van der Waals surface area contributed by atoms with E-state index < -0.39 is 21.7 Å². The molecular formula is C17H24BrF2NO3S. The quantitative estimate of drug-likeness (QED) is 0.452. The number of sulfonamides is 1. The van der Waals surface area contributed by atoms with E-state index >= 15 is 0 Å². The number of nitrogens with zero attached hydrogens (tertiary/aromatic N) is 1. The van der Waals surface area contributed by atoms with Crippen LogP contribution in [0.1, 0.15) is 38.5 Å². The third kappa shape index (κ3) is 5.45. The highest BCUT2D eigenvalue weighted by molar-refractivity contribution is 9.09. The Morgan fingerprint density at radius 1 is 1.16 bits per heavy atom. The van der Waals surface area contributed by atoms with Crippen LogP contribution in [0.3, 0.4) is 0 Å². The Kier molecular flexibility index (Phi) is 7.79. The predicted molar refractivity (Wildman–Crippen MR) is 96.3 cm³/mol. The highest BCUT2D eigenvalue weighted by Gasteiger charge is 2.32. The highest BCUT2D eigenvalue weighted by Crippen LogP contribution is 2.28. The van der Waals surface area contributed by atoms with E-state index in [2.05, 4.69) is 15.9 Å². The Balaban J connectivity index is 1.92. The van der Waals surface area contributed by atoms with Crippen molar-refractivity contribution in [3.63, 3.8) is 0 Å². The lowest BCUT2D eigenvalue weighted by Crippen LogP contribution is -2.40. The Hall–Kier alpha value is -0.570. The van der Waals surface area contributed by atoms with Crippen LogP contribution in [0.4, 0.5) is 8.78 Å². The molecule has 1 saturated carbocycles. The lowest BCUT2D eigenvalue weighted by molar-refractivity contribution is 0.0163. The molecule has 1 aliphatic carbocycles. The molecule has 0 bridgehead atoms. The molecule has 0 spiro atoms. The molecule has 0 aromatic heterocycles. The van der Waals surface area contributed by atoms with Gasteiger partial charge < -0.3 is 4.74 Å². The smallest absolute Gasteiger partial charge is 0.243 e. The van der Waals surface area contributed by atoms with Crippen LogP contribution in [-0.4, -0.2) is 43.9 Å². The number of hydrogen-bond donors (Lipinski definition) is 0. The van der Waals surface area contributed by atoms with Gasteiger partial charge in [0.1, 0.15) is 0 Å². The van der Waals surface area contributed by atoms with Crippen molar-refractivity contribution in [1.29, 1.82) is 0 Å². The fourth-order valence-corrected chi connectivity index (χ4v) is 4.85. The number of rotatable bonds is 8. The van der Waals surface area contributed by atoms with E-state index in [1.165, 1.54) is 11.4 Å². The van der Waals surface area contributed by atoms with Crippen molar-refractivity contribution in [1.82, 2.24) is 4.31 Å². The second kappa shape index (κ2) is 9.39. The van der Waals surface area contributed by atoms with Crippen LogP contribution >= 0.6 is 15.9 Å². The molecule has 4 nitrogen and oxygen atoms in total. The predicted octanol–water partition coefficient (Wildman–Crippen LogP) is 4.09. The van der Waals surface area contributed by atoms with Crippen molar-refractivity contribution in [3.05, 3.63) is 29.8 Å². The van der Waals surface area contributed by atoms with Crippen LogP contribution < -0.4 is 0 Å². The molecule has 1 aromatic carbocycles. The fraction of sp³-hybridized carbons (Fsp3) is 0.647. The maximum atomic E-state index is 13.4. The van der Waals surface area contributed by atoms with Crippen LogP contribution in [-0.2, 0) is 14.8 Å². The second-order valence-corrected chi connectivity index (χ2v) is 9.09. The maximum Gasteiger partial charge on any atom is 0.243 e. The SMILES string of the molecule is CN([C@H]1CC[C@H](OCCCCBr)CC1)S(=O)(=O)c1ccc(F)c(F)c1. The van der Waals surface area contributed by atoms with Crippen LogP contribution in [0.2, 0.25) is 0 Å². The van der Waals surface area contributed by atoms with E-state index in [0.717, 1.165) is 55.8 Å². The first-order chi connectivity index (χ1) is 11.9. The number of unbranched alkanes of at least 4 members (excludes halogenated alkanes) is 1. The number of benzene rings is 1. The van der Waals surface area contributed by atoms with Gasteiger partial charge in [0, 0.05) is 25.0 Å². The molecule has 0 amide bonds. The Morgan fingerprint density at radius 2 is 1.84 bits per heavy atom. The van der Waals surface area contributed by atoms with Gasteiger partial charge in [0.05, 0.1) is 11.0 Å². The summed E-state index contributed by atoms with van der Waals surface area (Å²) < 4.78 is 58.8. The van der Waals surface area contributed by atoms with E-state index in [9.17, 15) is 17.2 Å². The minimum atomic E-state index is -3.84. The monoisotopic (exact) mass is 439 g/mol. The van der Waals surface area contributed by atoms with E-state index in [1.54, 1.807) is 0 Å². The minimum absolute atomic E-state index is 0.152. The van der Waals surface area contributed by atoms with Gasteiger partial charge in [0.2, 0.25) is 10.0 Å². The van der Waals surface area contributed by atoms with Crippen molar-refractivity contribution >= 4 is 26.0 Å². The van der Waals surface area contributed by atoms with Crippen LogP contribution in [0, 0.1) is 11.6 Å². The molecule has 1 fully saturated rings. The highest BCUT2D eigenvalue weighted by atomic mass is 79.9. The third-order valence-electron chi connectivity index (χ3n) is 4.61. The molecule has 1 aromatic rings. The molecule has 0 radical (unpaired) electrons. The molecular weight excluding hydrogens is 416 g/mol. The molecule has 2 rings (SSSR count). The van der Waals surface area contributed by atoms with Gasteiger partial charge in [-0.25, -0.2) is 17.2 Å². The second-order valence-electron chi connectivity index (χ2n) is 6.29. The normalized spacial score (nSPS) is 21.6. The van der Waals surface area contributed by atoms with Crippen LogP contribution in [0.25, 0.3) is 0 Å². The average molecular weight is 440 g/mol. The molecule has 0 unspecified atom stereocenters. The van der Waals surface area contributed by atoms with Crippen molar-refractivity contribution in [2.24, 2.45) is 0 Å². The first-order valence-electron chi connectivity index (χ1n) is 8.47. The fourth-order valence-electron chi connectivity index (χ4n) is 3.02. The molecule has 1 aliphatic rings. The number of ether oxygens (including phenoxy) is 1. The summed E-state index contributed by atoms with van der Waals surface area (Å²) in [6.07, 6.45) is 5.25. The van der Waals surface area contributed by atoms with Crippen molar-refractivity contribution < 1.29 is 21.9 Å². The first-order valence-corrected chi connectivity index (χ1v) is 11.0. The lowest BCUT2D eigenvalue weighted by atomic mass is 9.93. The van der Waals surface area contributed by atoms with Crippen LogP contribution in [0.5, 0.6) is 0 Å². The van der Waals surface area contributed by atoms with E-state index in [-0.39, 0.29) is 17.0 Å². The number of hydrogen-bond acceptors (Lipinski definition) is 3. The van der Waals surface area contributed by atoms with Gasteiger partial charge in [-0.2, -0.15) is 4.31 Å². The van der Waals surface area contributed by atoms with Gasteiger partial charge in [-0.05, 0) is 56.7 Å². The summed E-state index contributed by atoms with van der Waals surface area (Å²) in [5.74, 6) is -2.21. The largest absolute Gasteiger partial charge is 0.378 e. The summed E-state index contributed by atoms with van der Waals surface area (Å²) in [6, 6.07) is 2.52. The van der Waals surface area contributed by atoms with E-state index in [4.69, 9.17) is 4.74 Å². The Bertz CT molecular complexity index is 664. The van der Waals surface area contributed by atoms with Gasteiger partial charge in [-0.3, -0.25) is 0 Å². The first kappa shape index (κ1) is 20.7.